The number of benzene rings is 2. The van der Waals surface area contributed by atoms with Crippen molar-refractivity contribution < 1.29 is 9.53 Å². The first-order valence-corrected chi connectivity index (χ1v) is 12.7. The van der Waals surface area contributed by atoms with Gasteiger partial charge in [0.15, 0.2) is 0 Å². The number of hydrogen-bond donors (Lipinski definition) is 0. The van der Waals surface area contributed by atoms with Gasteiger partial charge in [-0.25, -0.2) is 4.98 Å². The van der Waals surface area contributed by atoms with Gasteiger partial charge in [0.2, 0.25) is 5.91 Å². The minimum Gasteiger partial charge on any atom is -0.497 e. The standard InChI is InChI=1S/C25H27N3O2S2/c1-17-3-4-19-14-23(32-22(19)13-17)25(29)28-11-9-27(10-12-28)15-20-16-31-24(26-20)18-5-7-21(30-2)8-6-18/h3-8,13,16,23H,9-12,14-15H2,1-2H3. The molecule has 5 nitrogen and oxygen atoms in total. The third-order valence-corrected chi connectivity index (χ3v) is 8.36. The molecule has 1 aromatic heterocycles. The Bertz CT molecular complexity index is 1100. The Morgan fingerprint density at radius 1 is 1.12 bits per heavy atom. The molecule has 2 aliphatic rings. The minimum atomic E-state index is 0.0314. The van der Waals surface area contributed by atoms with Crippen molar-refractivity contribution in [1.29, 1.82) is 0 Å². The molecule has 5 rings (SSSR count). The van der Waals surface area contributed by atoms with Crippen molar-refractivity contribution in [2.24, 2.45) is 0 Å². The molecule has 1 fully saturated rings. The van der Waals surface area contributed by atoms with Crippen molar-refractivity contribution in [3.05, 3.63) is 64.7 Å². The Kier molecular flexibility index (Phi) is 6.22. The van der Waals surface area contributed by atoms with Crippen molar-refractivity contribution >= 4 is 29.0 Å². The van der Waals surface area contributed by atoms with Crippen LogP contribution >= 0.6 is 23.1 Å². The fourth-order valence-electron chi connectivity index (χ4n) is 4.28. The van der Waals surface area contributed by atoms with Crippen LogP contribution < -0.4 is 4.74 Å². The molecule has 3 aromatic rings. The SMILES string of the molecule is COc1ccc(-c2nc(CN3CCN(C(=O)C4Cc5ccc(C)cc5S4)CC3)cs2)cc1. The zero-order valence-electron chi connectivity index (χ0n) is 18.4. The van der Waals surface area contributed by atoms with Gasteiger partial charge in [-0.2, -0.15) is 0 Å². The Morgan fingerprint density at radius 3 is 2.66 bits per heavy atom. The maximum absolute atomic E-state index is 13.1. The highest BCUT2D eigenvalue weighted by molar-refractivity contribution is 8.01. The third-order valence-electron chi connectivity index (χ3n) is 6.13. The van der Waals surface area contributed by atoms with Gasteiger partial charge in [0, 0.05) is 48.6 Å². The van der Waals surface area contributed by atoms with E-state index in [0.29, 0.717) is 5.91 Å². The molecule has 0 spiro atoms. The summed E-state index contributed by atoms with van der Waals surface area (Å²) in [6.45, 7) is 6.31. The maximum atomic E-state index is 13.1. The molecule has 1 unspecified atom stereocenters. The maximum Gasteiger partial charge on any atom is 0.236 e. The van der Waals surface area contributed by atoms with Crippen molar-refractivity contribution in [2.45, 2.75) is 30.0 Å². The van der Waals surface area contributed by atoms with E-state index in [0.717, 1.165) is 61.2 Å². The summed E-state index contributed by atoms with van der Waals surface area (Å²) in [7, 11) is 1.68. The number of hydrogen-bond acceptors (Lipinski definition) is 6. The molecule has 7 heteroatoms. The molecule has 0 saturated carbocycles. The van der Waals surface area contributed by atoms with Gasteiger partial charge in [0.25, 0.3) is 0 Å². The van der Waals surface area contributed by atoms with Crippen LogP contribution in [-0.2, 0) is 17.8 Å². The Hall–Kier alpha value is -2.35. The summed E-state index contributed by atoms with van der Waals surface area (Å²) in [5.41, 5.74) is 4.78. The Balaban J connectivity index is 1.14. The van der Waals surface area contributed by atoms with E-state index in [1.54, 1.807) is 30.2 Å². The van der Waals surface area contributed by atoms with Gasteiger partial charge in [-0.15, -0.1) is 23.1 Å². The average molecular weight is 466 g/mol. The second-order valence-corrected chi connectivity index (χ2v) is 10.5. The first-order chi connectivity index (χ1) is 15.6. The molecule has 32 heavy (non-hydrogen) atoms. The van der Waals surface area contributed by atoms with E-state index in [9.17, 15) is 4.79 Å². The van der Waals surface area contributed by atoms with Gasteiger partial charge in [-0.1, -0.05) is 17.7 Å². The predicted octanol–water partition coefficient (Wildman–Crippen LogP) is 4.49. The highest BCUT2D eigenvalue weighted by atomic mass is 32.2. The molecular weight excluding hydrogens is 438 g/mol. The van der Waals surface area contributed by atoms with Crippen LogP contribution in [0.1, 0.15) is 16.8 Å². The number of aryl methyl sites for hydroxylation is 1. The number of carbonyl (C=O) groups is 1. The number of rotatable bonds is 5. The number of carbonyl (C=O) groups excluding carboxylic acids is 1. The fraction of sp³-hybridized carbons (Fsp3) is 0.360. The highest BCUT2D eigenvalue weighted by Gasteiger charge is 2.33. The molecule has 2 aromatic carbocycles. The fourth-order valence-corrected chi connectivity index (χ4v) is 6.47. The summed E-state index contributed by atoms with van der Waals surface area (Å²) in [5, 5.41) is 3.21. The van der Waals surface area contributed by atoms with E-state index >= 15 is 0 Å². The summed E-state index contributed by atoms with van der Waals surface area (Å²) in [6, 6.07) is 14.6. The molecular formula is C25H27N3O2S2. The molecule has 0 aliphatic carbocycles. The summed E-state index contributed by atoms with van der Waals surface area (Å²) < 4.78 is 5.24. The van der Waals surface area contributed by atoms with Gasteiger partial charge in [0.05, 0.1) is 18.1 Å². The van der Waals surface area contributed by atoms with E-state index in [1.807, 2.05) is 24.3 Å². The lowest BCUT2D eigenvalue weighted by molar-refractivity contribution is -0.132. The molecule has 2 aliphatic heterocycles. The number of thiazole rings is 1. The van der Waals surface area contributed by atoms with E-state index in [1.165, 1.54) is 16.0 Å². The number of thioether (sulfide) groups is 1. The molecule has 3 heterocycles. The normalized spacial score (nSPS) is 18.6. The lowest BCUT2D eigenvalue weighted by atomic mass is 10.1. The Labute approximate surface area is 197 Å². The van der Waals surface area contributed by atoms with Crippen molar-refractivity contribution in [2.75, 3.05) is 33.3 Å². The molecule has 0 radical (unpaired) electrons. The summed E-state index contributed by atoms with van der Waals surface area (Å²) in [4.78, 5) is 23.6. The average Bonchev–Trinajstić information content (AvgIpc) is 3.46. The third kappa shape index (κ3) is 4.56. The zero-order chi connectivity index (χ0) is 22.1. The molecule has 1 amide bonds. The lowest BCUT2D eigenvalue weighted by Gasteiger charge is -2.35. The van der Waals surface area contributed by atoms with Gasteiger partial charge in [0.1, 0.15) is 10.8 Å². The van der Waals surface area contributed by atoms with Crippen LogP contribution in [-0.4, -0.2) is 59.2 Å². The molecule has 0 bridgehead atoms. The van der Waals surface area contributed by atoms with E-state index in [4.69, 9.17) is 9.72 Å². The number of fused-ring (bicyclic) bond motifs is 1. The van der Waals surface area contributed by atoms with Crippen LogP contribution in [0.25, 0.3) is 10.6 Å². The number of amides is 1. The first-order valence-electron chi connectivity index (χ1n) is 11.0. The van der Waals surface area contributed by atoms with Crippen LogP contribution in [0.4, 0.5) is 0 Å². The van der Waals surface area contributed by atoms with Gasteiger partial charge in [-0.05, 0) is 49.2 Å². The Morgan fingerprint density at radius 2 is 1.91 bits per heavy atom. The monoisotopic (exact) mass is 465 g/mol. The van der Waals surface area contributed by atoms with Crippen LogP contribution in [0.15, 0.2) is 52.7 Å². The van der Waals surface area contributed by atoms with Crippen LogP contribution in [0.3, 0.4) is 0 Å². The molecule has 166 valence electrons. The van der Waals surface area contributed by atoms with E-state index < -0.39 is 0 Å². The second kappa shape index (κ2) is 9.25. The van der Waals surface area contributed by atoms with Crippen LogP contribution in [0.2, 0.25) is 0 Å². The first kappa shape index (κ1) is 21.5. The summed E-state index contributed by atoms with van der Waals surface area (Å²) in [6.07, 6.45) is 0.853. The smallest absolute Gasteiger partial charge is 0.236 e. The lowest BCUT2D eigenvalue weighted by Crippen LogP contribution is -2.50. The topological polar surface area (TPSA) is 45.7 Å². The number of aromatic nitrogens is 1. The van der Waals surface area contributed by atoms with Crippen LogP contribution in [0.5, 0.6) is 5.75 Å². The number of ether oxygens (including phenoxy) is 1. The molecule has 1 saturated heterocycles. The van der Waals surface area contributed by atoms with E-state index in [-0.39, 0.29) is 5.25 Å². The molecule has 0 N–H and O–H groups in total. The van der Waals surface area contributed by atoms with Gasteiger partial charge in [-0.3, -0.25) is 9.69 Å². The summed E-state index contributed by atoms with van der Waals surface area (Å²) in [5.74, 6) is 1.15. The number of methoxy groups -OCH3 is 1. The van der Waals surface area contributed by atoms with Crippen molar-refractivity contribution in [1.82, 2.24) is 14.8 Å². The van der Waals surface area contributed by atoms with E-state index in [2.05, 4.69) is 40.3 Å². The predicted molar refractivity (Wildman–Crippen MR) is 130 cm³/mol. The van der Waals surface area contributed by atoms with Crippen LogP contribution in [0, 0.1) is 6.92 Å². The zero-order valence-corrected chi connectivity index (χ0v) is 20.0. The van der Waals surface area contributed by atoms with Crippen molar-refractivity contribution in [3.8, 4) is 16.3 Å². The van der Waals surface area contributed by atoms with Gasteiger partial charge >= 0.3 is 0 Å². The number of piperazine rings is 1. The quantitative estimate of drug-likeness (QED) is 0.556. The number of nitrogens with zero attached hydrogens (tertiary/aromatic N) is 3. The second-order valence-electron chi connectivity index (χ2n) is 8.40. The molecule has 1 atom stereocenters. The van der Waals surface area contributed by atoms with Crippen molar-refractivity contribution in [3.63, 3.8) is 0 Å². The largest absolute Gasteiger partial charge is 0.497 e. The van der Waals surface area contributed by atoms with Gasteiger partial charge < -0.3 is 9.64 Å². The highest BCUT2D eigenvalue weighted by Crippen LogP contribution is 2.38. The summed E-state index contributed by atoms with van der Waals surface area (Å²) >= 11 is 3.41. The minimum absolute atomic E-state index is 0.0314.